The van der Waals surface area contributed by atoms with Gasteiger partial charge in [-0.25, -0.2) is 4.39 Å². The number of rotatable bonds is 4. The van der Waals surface area contributed by atoms with Crippen molar-refractivity contribution in [2.24, 2.45) is 11.8 Å². The number of aliphatic carboxylic acids is 1. The predicted molar refractivity (Wildman–Crippen MR) is 70.9 cm³/mol. The number of hydrogen-bond acceptors (Lipinski definition) is 1. The zero-order chi connectivity index (χ0) is 13.1. The molecule has 0 amide bonds. The van der Waals surface area contributed by atoms with Crippen molar-refractivity contribution in [1.82, 2.24) is 0 Å². The molecule has 1 unspecified atom stereocenters. The quantitative estimate of drug-likeness (QED) is 0.911. The van der Waals surface area contributed by atoms with Crippen LogP contribution < -0.4 is 0 Å². The van der Waals surface area contributed by atoms with Crippen LogP contribution in [0.5, 0.6) is 0 Å². The number of hydrogen-bond donors (Lipinski definition) is 1. The summed E-state index contributed by atoms with van der Waals surface area (Å²) in [7, 11) is 0. The summed E-state index contributed by atoms with van der Waals surface area (Å²) in [4.78, 5) is 11.4. The minimum Gasteiger partial charge on any atom is -0.481 e. The Morgan fingerprint density at radius 2 is 2.11 bits per heavy atom. The van der Waals surface area contributed by atoms with Crippen LogP contribution in [0.4, 0.5) is 4.39 Å². The van der Waals surface area contributed by atoms with Crippen LogP contribution in [0.3, 0.4) is 0 Å². The molecule has 4 heteroatoms. The maximum absolute atomic E-state index is 13.0. The molecule has 1 aliphatic carbocycles. The van der Waals surface area contributed by atoms with Gasteiger partial charge in [-0.05, 0) is 42.9 Å². The first-order chi connectivity index (χ1) is 8.58. The molecule has 1 fully saturated rings. The van der Waals surface area contributed by atoms with Gasteiger partial charge >= 0.3 is 5.97 Å². The van der Waals surface area contributed by atoms with E-state index in [0.717, 1.165) is 31.2 Å². The van der Waals surface area contributed by atoms with Crippen LogP contribution in [0.25, 0.3) is 0 Å². The third-order valence-corrected chi connectivity index (χ3v) is 4.48. The molecule has 0 aromatic heterocycles. The fourth-order valence-corrected chi connectivity index (χ4v) is 3.25. The molecule has 2 nitrogen and oxygen atoms in total. The summed E-state index contributed by atoms with van der Waals surface area (Å²) in [5.41, 5.74) is 0.871. The minimum absolute atomic E-state index is 0.263. The molecule has 0 spiro atoms. The summed E-state index contributed by atoms with van der Waals surface area (Å²) in [6.07, 6.45) is 4.71. The fourth-order valence-electron chi connectivity index (χ4n) is 2.74. The lowest BCUT2D eigenvalue weighted by Crippen LogP contribution is -2.24. The molecule has 18 heavy (non-hydrogen) atoms. The van der Waals surface area contributed by atoms with E-state index in [1.807, 2.05) is 0 Å². The van der Waals surface area contributed by atoms with Crippen molar-refractivity contribution in [1.29, 1.82) is 0 Å². The third-order valence-electron chi connectivity index (χ3n) is 3.74. The van der Waals surface area contributed by atoms with Crippen molar-refractivity contribution in [2.45, 2.75) is 32.1 Å². The number of halogens is 2. The molecule has 1 aromatic carbocycles. The number of carbonyl (C=O) groups is 1. The van der Waals surface area contributed by atoms with Gasteiger partial charge in [0, 0.05) is 4.47 Å². The summed E-state index contributed by atoms with van der Waals surface area (Å²) in [6, 6.07) is 4.45. The second-order valence-electron chi connectivity index (χ2n) is 4.93. The van der Waals surface area contributed by atoms with E-state index >= 15 is 0 Å². The summed E-state index contributed by atoms with van der Waals surface area (Å²) in [6.45, 7) is 0. The normalized spacial score (nSPS) is 17.9. The second kappa shape index (κ2) is 5.83. The van der Waals surface area contributed by atoms with Gasteiger partial charge in [0.2, 0.25) is 0 Å². The first-order valence-corrected chi connectivity index (χ1v) is 7.04. The highest BCUT2D eigenvalue weighted by atomic mass is 79.9. The smallest absolute Gasteiger partial charge is 0.307 e. The summed E-state index contributed by atoms with van der Waals surface area (Å²) in [5.74, 6) is -1.13. The Hall–Kier alpha value is -0.900. The van der Waals surface area contributed by atoms with E-state index < -0.39 is 5.97 Å². The monoisotopic (exact) mass is 314 g/mol. The van der Waals surface area contributed by atoms with Crippen LogP contribution in [-0.2, 0) is 11.2 Å². The highest BCUT2D eigenvalue weighted by Gasteiger charge is 2.30. The van der Waals surface area contributed by atoms with Crippen LogP contribution >= 0.6 is 15.9 Å². The molecule has 98 valence electrons. The summed E-state index contributed by atoms with van der Waals surface area (Å²) in [5, 5.41) is 9.35. The molecule has 0 saturated heterocycles. The Balaban J connectivity index is 2.15. The summed E-state index contributed by atoms with van der Waals surface area (Å²) < 4.78 is 13.7. The highest BCUT2D eigenvalue weighted by Crippen LogP contribution is 2.34. The van der Waals surface area contributed by atoms with Crippen molar-refractivity contribution >= 4 is 21.9 Å². The third kappa shape index (κ3) is 3.10. The van der Waals surface area contributed by atoms with Crippen molar-refractivity contribution in [3.63, 3.8) is 0 Å². The molecular formula is C14H16BrFO2. The van der Waals surface area contributed by atoms with Crippen LogP contribution in [-0.4, -0.2) is 11.1 Å². The summed E-state index contributed by atoms with van der Waals surface area (Å²) >= 11 is 3.30. The number of carboxylic acids is 1. The van der Waals surface area contributed by atoms with E-state index in [1.165, 1.54) is 12.1 Å². The Bertz CT molecular complexity index is 441. The van der Waals surface area contributed by atoms with Gasteiger partial charge in [-0.1, -0.05) is 34.8 Å². The predicted octanol–water partition coefficient (Wildman–Crippen LogP) is 4.02. The average Bonchev–Trinajstić information content (AvgIpc) is 2.80. The Kier molecular flexibility index (Phi) is 4.38. The molecule has 1 N–H and O–H groups in total. The van der Waals surface area contributed by atoms with Crippen molar-refractivity contribution in [2.75, 3.05) is 0 Å². The fraction of sp³-hybridized carbons (Fsp3) is 0.500. The first kappa shape index (κ1) is 13.5. The van der Waals surface area contributed by atoms with E-state index in [0.29, 0.717) is 10.9 Å². The molecule has 0 radical (unpaired) electrons. The van der Waals surface area contributed by atoms with Gasteiger partial charge in [-0.2, -0.15) is 0 Å². The molecule has 1 aliphatic rings. The number of carboxylic acid groups (broad SMARTS) is 1. The number of benzene rings is 1. The van der Waals surface area contributed by atoms with Crippen molar-refractivity contribution in [3.05, 3.63) is 34.1 Å². The van der Waals surface area contributed by atoms with E-state index in [9.17, 15) is 14.3 Å². The maximum atomic E-state index is 13.0. The molecule has 1 aromatic rings. The zero-order valence-electron chi connectivity index (χ0n) is 10.0. The molecule has 0 heterocycles. The Morgan fingerprint density at radius 3 is 2.67 bits per heavy atom. The molecule has 0 aliphatic heterocycles. The Morgan fingerprint density at radius 1 is 1.44 bits per heavy atom. The second-order valence-corrected chi connectivity index (χ2v) is 5.78. The maximum Gasteiger partial charge on any atom is 0.307 e. The van der Waals surface area contributed by atoms with Crippen LogP contribution in [0.2, 0.25) is 0 Å². The van der Waals surface area contributed by atoms with Gasteiger partial charge in [0.1, 0.15) is 5.82 Å². The largest absolute Gasteiger partial charge is 0.481 e. The van der Waals surface area contributed by atoms with Gasteiger partial charge in [0.05, 0.1) is 5.92 Å². The van der Waals surface area contributed by atoms with Gasteiger partial charge in [-0.3, -0.25) is 4.79 Å². The van der Waals surface area contributed by atoms with E-state index in [4.69, 9.17) is 0 Å². The topological polar surface area (TPSA) is 37.3 Å². The lowest BCUT2D eigenvalue weighted by molar-refractivity contribution is -0.143. The van der Waals surface area contributed by atoms with Crippen LogP contribution in [0.15, 0.2) is 22.7 Å². The van der Waals surface area contributed by atoms with E-state index in [1.54, 1.807) is 6.07 Å². The van der Waals surface area contributed by atoms with E-state index in [2.05, 4.69) is 15.9 Å². The molecule has 1 saturated carbocycles. The van der Waals surface area contributed by atoms with Crippen molar-refractivity contribution in [3.8, 4) is 0 Å². The lowest BCUT2D eigenvalue weighted by atomic mass is 9.86. The zero-order valence-corrected chi connectivity index (χ0v) is 11.6. The van der Waals surface area contributed by atoms with Crippen LogP contribution in [0, 0.1) is 17.7 Å². The molecule has 2 rings (SSSR count). The standard InChI is InChI=1S/C14H16BrFO2/c15-13-8-11(16)6-5-10(13)7-12(14(17)18)9-3-1-2-4-9/h5-6,8-9,12H,1-4,7H2,(H,17,18). The molecule has 1 atom stereocenters. The molecule has 0 bridgehead atoms. The first-order valence-electron chi connectivity index (χ1n) is 6.24. The SMILES string of the molecule is O=C(O)C(Cc1ccc(F)cc1Br)C1CCCC1. The van der Waals surface area contributed by atoms with E-state index in [-0.39, 0.29) is 17.7 Å². The van der Waals surface area contributed by atoms with Gasteiger partial charge in [-0.15, -0.1) is 0 Å². The van der Waals surface area contributed by atoms with Gasteiger partial charge in [0.25, 0.3) is 0 Å². The molecular weight excluding hydrogens is 299 g/mol. The van der Waals surface area contributed by atoms with Gasteiger partial charge in [0.15, 0.2) is 0 Å². The van der Waals surface area contributed by atoms with Gasteiger partial charge < -0.3 is 5.11 Å². The minimum atomic E-state index is -0.738. The highest BCUT2D eigenvalue weighted by molar-refractivity contribution is 9.10. The van der Waals surface area contributed by atoms with Crippen LogP contribution in [0.1, 0.15) is 31.2 Å². The van der Waals surface area contributed by atoms with Crippen molar-refractivity contribution < 1.29 is 14.3 Å². The lowest BCUT2D eigenvalue weighted by Gasteiger charge is -2.19. The average molecular weight is 315 g/mol. The Labute approximate surface area is 114 Å².